The molecule has 0 saturated carbocycles. The highest BCUT2D eigenvalue weighted by Crippen LogP contribution is 1.75. The fourth-order valence-corrected chi connectivity index (χ4v) is 0.285. The van der Waals surface area contributed by atoms with Crippen LogP contribution < -0.4 is 16.8 Å². The fraction of sp³-hybridized carbons (Fsp3) is 0.500. The van der Waals surface area contributed by atoms with Gasteiger partial charge in [0.15, 0.2) is 0 Å². The Morgan fingerprint density at radius 1 is 1.44 bits per heavy atom. The molecule has 5 nitrogen and oxygen atoms in total. The molecule has 0 radical (unpaired) electrons. The quantitative estimate of drug-likeness (QED) is 0.426. The molecule has 5 N–H and O–H groups in total. The van der Waals surface area contributed by atoms with Gasteiger partial charge >= 0.3 is 6.03 Å². The van der Waals surface area contributed by atoms with Crippen LogP contribution in [-0.4, -0.2) is 18.0 Å². The molecule has 0 fully saturated rings. The molecule has 0 aromatic rings. The summed E-state index contributed by atoms with van der Waals surface area (Å²) >= 11 is 0. The second-order valence-electron chi connectivity index (χ2n) is 1.63. The van der Waals surface area contributed by atoms with Gasteiger partial charge in [-0.05, 0) is 6.92 Å². The third-order valence-electron chi connectivity index (χ3n) is 0.786. The average molecular weight is 131 g/mol. The standard InChI is InChI=1S/C4H9N3O2/c1-2(3(5)8)7-4(6)9/h2H,1H3,(H2,5,8)(H3,6,7,9). The van der Waals surface area contributed by atoms with Gasteiger partial charge in [0, 0.05) is 0 Å². The summed E-state index contributed by atoms with van der Waals surface area (Å²) in [4.78, 5) is 20.2. The highest BCUT2D eigenvalue weighted by molar-refractivity contribution is 5.84. The van der Waals surface area contributed by atoms with Crippen molar-refractivity contribution in [3.8, 4) is 0 Å². The van der Waals surface area contributed by atoms with Gasteiger partial charge in [-0.3, -0.25) is 4.79 Å². The van der Waals surface area contributed by atoms with Crippen LogP contribution in [-0.2, 0) is 4.79 Å². The minimum atomic E-state index is -0.749. The Morgan fingerprint density at radius 2 is 1.89 bits per heavy atom. The number of nitrogens with two attached hydrogens (primary N) is 2. The first-order chi connectivity index (χ1) is 4.04. The van der Waals surface area contributed by atoms with E-state index in [0.29, 0.717) is 0 Å². The summed E-state index contributed by atoms with van der Waals surface area (Å²) in [6.45, 7) is 1.45. The Labute approximate surface area is 52.4 Å². The van der Waals surface area contributed by atoms with Crippen LogP contribution in [0, 0.1) is 0 Å². The van der Waals surface area contributed by atoms with Crippen molar-refractivity contribution < 1.29 is 9.59 Å². The van der Waals surface area contributed by atoms with Crippen molar-refractivity contribution in [2.24, 2.45) is 11.5 Å². The Bertz CT molecular complexity index is 134. The molecule has 1 atom stereocenters. The Balaban J connectivity index is 3.63. The molecule has 0 aromatic carbocycles. The summed E-state index contributed by atoms with van der Waals surface area (Å²) < 4.78 is 0. The van der Waals surface area contributed by atoms with Crippen LogP contribution in [0.25, 0.3) is 0 Å². The number of hydrogen-bond acceptors (Lipinski definition) is 2. The smallest absolute Gasteiger partial charge is 0.312 e. The predicted octanol–water partition coefficient (Wildman–Crippen LogP) is -1.47. The lowest BCUT2D eigenvalue weighted by molar-refractivity contribution is -0.119. The molecule has 52 valence electrons. The number of carbonyl (C=O) groups excluding carboxylic acids is 2. The number of urea groups is 1. The summed E-state index contributed by atoms with van der Waals surface area (Å²) in [5.74, 6) is -0.603. The zero-order valence-electron chi connectivity index (χ0n) is 5.05. The zero-order chi connectivity index (χ0) is 7.44. The molecule has 0 heterocycles. The van der Waals surface area contributed by atoms with Crippen LogP contribution in [0.4, 0.5) is 4.79 Å². The van der Waals surface area contributed by atoms with E-state index in [2.05, 4.69) is 11.1 Å². The minimum absolute atomic E-state index is 0.603. The SMILES string of the molecule is CC(NC(N)=O)C(N)=O. The van der Waals surface area contributed by atoms with Crippen molar-refractivity contribution >= 4 is 11.9 Å². The molecule has 1 unspecified atom stereocenters. The van der Waals surface area contributed by atoms with E-state index in [-0.39, 0.29) is 0 Å². The fourth-order valence-electron chi connectivity index (χ4n) is 0.285. The van der Waals surface area contributed by atoms with Crippen molar-refractivity contribution in [2.45, 2.75) is 13.0 Å². The van der Waals surface area contributed by atoms with Gasteiger partial charge in [0.25, 0.3) is 0 Å². The average Bonchev–Trinajstić information content (AvgIpc) is 1.63. The topological polar surface area (TPSA) is 98.2 Å². The normalized spacial score (nSPS) is 12.1. The third-order valence-corrected chi connectivity index (χ3v) is 0.786. The third kappa shape index (κ3) is 3.33. The van der Waals surface area contributed by atoms with Crippen LogP contribution in [0.15, 0.2) is 0 Å². The molecular formula is C4H9N3O2. The van der Waals surface area contributed by atoms with Gasteiger partial charge < -0.3 is 16.8 Å². The van der Waals surface area contributed by atoms with Crippen LogP contribution in [0.5, 0.6) is 0 Å². The molecule has 0 aliphatic carbocycles. The minimum Gasteiger partial charge on any atom is -0.368 e. The second kappa shape index (κ2) is 2.91. The van der Waals surface area contributed by atoms with E-state index in [9.17, 15) is 9.59 Å². The molecule has 0 aliphatic rings. The van der Waals surface area contributed by atoms with Crippen molar-refractivity contribution in [1.82, 2.24) is 5.32 Å². The van der Waals surface area contributed by atoms with E-state index >= 15 is 0 Å². The first kappa shape index (κ1) is 7.74. The maximum Gasteiger partial charge on any atom is 0.312 e. The lowest BCUT2D eigenvalue weighted by atomic mass is 10.3. The van der Waals surface area contributed by atoms with Crippen molar-refractivity contribution in [1.29, 1.82) is 0 Å². The zero-order valence-corrected chi connectivity index (χ0v) is 5.05. The lowest BCUT2D eigenvalue weighted by Gasteiger charge is -2.05. The largest absolute Gasteiger partial charge is 0.368 e. The Morgan fingerprint density at radius 3 is 2.00 bits per heavy atom. The number of carbonyl (C=O) groups is 2. The first-order valence-corrected chi connectivity index (χ1v) is 2.39. The summed E-state index contributed by atoms with van der Waals surface area (Å²) in [5.41, 5.74) is 9.45. The molecule has 0 rings (SSSR count). The summed E-state index contributed by atoms with van der Waals surface area (Å²) in [7, 11) is 0. The highest BCUT2D eigenvalue weighted by atomic mass is 16.2. The monoisotopic (exact) mass is 131 g/mol. The van der Waals surface area contributed by atoms with Gasteiger partial charge in [-0.1, -0.05) is 0 Å². The van der Waals surface area contributed by atoms with Gasteiger partial charge in [-0.15, -0.1) is 0 Å². The summed E-state index contributed by atoms with van der Waals surface area (Å²) in [6, 6.07) is -1.44. The predicted molar refractivity (Wildman–Crippen MR) is 31.4 cm³/mol. The number of nitrogens with one attached hydrogen (secondary N) is 1. The van der Waals surface area contributed by atoms with Gasteiger partial charge in [0.1, 0.15) is 6.04 Å². The van der Waals surface area contributed by atoms with Crippen molar-refractivity contribution in [3.05, 3.63) is 0 Å². The molecular weight excluding hydrogens is 122 g/mol. The number of hydrogen-bond donors (Lipinski definition) is 3. The van der Waals surface area contributed by atoms with Gasteiger partial charge in [-0.25, -0.2) is 4.79 Å². The molecule has 0 aromatic heterocycles. The van der Waals surface area contributed by atoms with Gasteiger partial charge in [0.05, 0.1) is 0 Å². The molecule has 9 heavy (non-hydrogen) atoms. The van der Waals surface area contributed by atoms with Gasteiger partial charge in [0.2, 0.25) is 5.91 Å². The van der Waals surface area contributed by atoms with E-state index in [1.54, 1.807) is 0 Å². The number of rotatable bonds is 2. The van der Waals surface area contributed by atoms with E-state index in [1.807, 2.05) is 0 Å². The lowest BCUT2D eigenvalue weighted by Crippen LogP contribution is -2.44. The van der Waals surface area contributed by atoms with E-state index in [1.165, 1.54) is 6.92 Å². The molecule has 5 heteroatoms. The van der Waals surface area contributed by atoms with Crippen LogP contribution in [0.2, 0.25) is 0 Å². The number of amides is 3. The van der Waals surface area contributed by atoms with Gasteiger partial charge in [-0.2, -0.15) is 0 Å². The highest BCUT2D eigenvalue weighted by Gasteiger charge is 2.07. The maximum atomic E-state index is 10.2. The number of primary amides is 2. The maximum absolute atomic E-state index is 10.2. The molecule has 0 bridgehead atoms. The Kier molecular flexibility index (Phi) is 2.50. The van der Waals surface area contributed by atoms with Crippen molar-refractivity contribution in [3.63, 3.8) is 0 Å². The second-order valence-corrected chi connectivity index (χ2v) is 1.63. The molecule has 3 amide bonds. The molecule has 0 saturated heterocycles. The van der Waals surface area contributed by atoms with Crippen LogP contribution in [0.1, 0.15) is 6.92 Å². The van der Waals surface area contributed by atoms with Crippen LogP contribution in [0.3, 0.4) is 0 Å². The van der Waals surface area contributed by atoms with E-state index in [0.717, 1.165) is 0 Å². The van der Waals surface area contributed by atoms with Crippen molar-refractivity contribution in [2.75, 3.05) is 0 Å². The van der Waals surface area contributed by atoms with E-state index in [4.69, 9.17) is 5.73 Å². The Hall–Kier alpha value is -1.26. The summed E-state index contributed by atoms with van der Waals surface area (Å²) in [5, 5.41) is 2.11. The molecule has 0 spiro atoms. The van der Waals surface area contributed by atoms with E-state index < -0.39 is 18.0 Å². The summed E-state index contributed by atoms with van der Waals surface area (Å²) in [6.07, 6.45) is 0. The first-order valence-electron chi connectivity index (χ1n) is 2.39. The molecule has 0 aliphatic heterocycles. The van der Waals surface area contributed by atoms with Crippen LogP contribution >= 0.6 is 0 Å².